The number of hydrogen-bond donors (Lipinski definition) is 3. The Balaban J connectivity index is 1.43. The van der Waals surface area contributed by atoms with Gasteiger partial charge in [-0.25, -0.2) is 4.79 Å². The van der Waals surface area contributed by atoms with E-state index in [0.29, 0.717) is 32.1 Å². The van der Waals surface area contributed by atoms with Gasteiger partial charge in [0.05, 0.1) is 36.6 Å². The van der Waals surface area contributed by atoms with Gasteiger partial charge < -0.3 is 39.9 Å². The van der Waals surface area contributed by atoms with Gasteiger partial charge in [-0.2, -0.15) is 0 Å². The number of nitrogens with zero attached hydrogens (tertiary/aromatic N) is 4. The summed E-state index contributed by atoms with van der Waals surface area (Å²) in [4.78, 5) is 112. The average molecular weight is 937 g/mol. The summed E-state index contributed by atoms with van der Waals surface area (Å²) in [6.45, 7) is 13.3. The van der Waals surface area contributed by atoms with Gasteiger partial charge in [-0.05, 0) is 54.9 Å². The van der Waals surface area contributed by atoms with E-state index in [2.05, 4.69) is 10.6 Å². The lowest BCUT2D eigenvalue weighted by Crippen LogP contribution is -2.60. The predicted octanol–water partition coefficient (Wildman–Crippen LogP) is 3.83. The summed E-state index contributed by atoms with van der Waals surface area (Å²) < 4.78 is 12.0. The quantitative estimate of drug-likeness (QED) is 0.0853. The zero-order valence-electron chi connectivity index (χ0n) is 41.4. The van der Waals surface area contributed by atoms with E-state index in [9.17, 15) is 43.5 Å². The van der Waals surface area contributed by atoms with E-state index < -0.39 is 66.1 Å². The first-order valence-electron chi connectivity index (χ1n) is 24.0. The molecule has 1 aliphatic carbocycles. The highest BCUT2D eigenvalue weighted by Crippen LogP contribution is 2.50. The van der Waals surface area contributed by atoms with Gasteiger partial charge in [0.15, 0.2) is 0 Å². The molecule has 7 amide bonds. The van der Waals surface area contributed by atoms with Crippen LogP contribution < -0.4 is 10.6 Å². The van der Waals surface area contributed by atoms with Crippen LogP contribution >= 0.6 is 0 Å². The van der Waals surface area contributed by atoms with E-state index in [0.717, 1.165) is 12.0 Å². The molecule has 2 fully saturated rings. The minimum atomic E-state index is -1.16. The summed E-state index contributed by atoms with van der Waals surface area (Å²) in [6, 6.07) is 5.00. The van der Waals surface area contributed by atoms with Gasteiger partial charge in [-0.1, -0.05) is 91.6 Å². The van der Waals surface area contributed by atoms with Crippen LogP contribution in [0.2, 0.25) is 0 Å². The van der Waals surface area contributed by atoms with Crippen molar-refractivity contribution in [3.8, 4) is 0 Å². The molecule has 3 unspecified atom stereocenters. The zero-order valence-corrected chi connectivity index (χ0v) is 41.4. The summed E-state index contributed by atoms with van der Waals surface area (Å²) in [5.74, 6) is -4.91. The second-order valence-electron chi connectivity index (χ2n) is 19.4. The molecule has 67 heavy (non-hydrogen) atoms. The number of ether oxygens (including phenoxy) is 2. The van der Waals surface area contributed by atoms with E-state index >= 15 is 0 Å². The maximum absolute atomic E-state index is 14.6. The van der Waals surface area contributed by atoms with Crippen molar-refractivity contribution in [2.75, 3.05) is 34.9 Å². The Morgan fingerprint density at radius 1 is 0.821 bits per heavy atom. The number of unbranched alkanes of at least 4 members (excludes halogenated alkanes) is 2. The Hall–Kier alpha value is -5.16. The number of likely N-dealkylation sites (tertiary alicyclic amines) is 1. The number of amides is 7. The third-order valence-electron chi connectivity index (χ3n) is 14.1. The Kier molecular flexibility index (Phi) is 20.1. The van der Waals surface area contributed by atoms with Gasteiger partial charge in [0, 0.05) is 65.9 Å². The fourth-order valence-corrected chi connectivity index (χ4v) is 9.96. The normalized spacial score (nSPS) is 21.2. The summed E-state index contributed by atoms with van der Waals surface area (Å²) in [5, 5.41) is 15.6. The second kappa shape index (κ2) is 24.7. The third-order valence-corrected chi connectivity index (χ3v) is 14.1. The largest absolute Gasteiger partial charge is 0.480 e. The van der Waals surface area contributed by atoms with Crippen molar-refractivity contribution in [3.05, 3.63) is 48.0 Å². The van der Waals surface area contributed by atoms with E-state index in [1.54, 1.807) is 38.1 Å². The molecule has 2 heterocycles. The number of piperidine rings is 1. The van der Waals surface area contributed by atoms with Gasteiger partial charge in [-0.3, -0.25) is 38.5 Å². The molecule has 0 radical (unpaired) electrons. The molecule has 1 aromatic carbocycles. The van der Waals surface area contributed by atoms with Crippen LogP contribution in [-0.2, 0) is 54.3 Å². The molecule has 1 aromatic rings. The fraction of sp³-hybridized carbons (Fsp3) is 0.680. The van der Waals surface area contributed by atoms with Gasteiger partial charge in [0.25, 0.3) is 11.8 Å². The first-order chi connectivity index (χ1) is 31.7. The Bertz CT molecular complexity index is 1920. The molecule has 1 saturated carbocycles. The standard InChI is InChI=1S/C50H76N6O11/c1-12-31(6)45(54(9)49(63)43(29(2)3)52-48(62)44(30(4)5)53(8)39(57)21-17-14-18-24-55-40(58)22-23-41(55)59)38(66-10)28-42(60)56-36-26-34(36)27-37(56)46(67-11)32(7)47(61)51-35(50(64)65)25-33-19-15-13-16-20-33/h13,15-16,19-20,22-23,29-32,34-38,43-46H,12,14,17-18,21,24-28H2,1-11H3,(H,51,61)(H,52,62)(H,64,65)/t31-,32+,34-,35?,36-,37-,38+,43?,44?,45-,46+/m0/s1. The van der Waals surface area contributed by atoms with Crippen molar-refractivity contribution >= 4 is 47.3 Å². The fourth-order valence-electron chi connectivity index (χ4n) is 9.96. The number of fused-ring (bicyclic) bond motifs is 1. The molecule has 0 bridgehead atoms. The molecule has 17 nitrogen and oxygen atoms in total. The average Bonchev–Trinajstić information content (AvgIpc) is 3.83. The van der Waals surface area contributed by atoms with E-state index in [1.165, 1.54) is 36.2 Å². The maximum atomic E-state index is 14.6. The lowest BCUT2D eigenvalue weighted by atomic mass is 9.89. The van der Waals surface area contributed by atoms with Crippen LogP contribution in [0, 0.1) is 29.6 Å². The van der Waals surface area contributed by atoms with Gasteiger partial charge in [-0.15, -0.1) is 0 Å². The summed E-state index contributed by atoms with van der Waals surface area (Å²) >= 11 is 0. The van der Waals surface area contributed by atoms with Crippen molar-refractivity contribution in [2.24, 2.45) is 29.6 Å². The molecule has 372 valence electrons. The van der Waals surface area contributed by atoms with Crippen LogP contribution in [0.3, 0.4) is 0 Å². The zero-order chi connectivity index (χ0) is 49.9. The number of imide groups is 1. The van der Waals surface area contributed by atoms with Crippen molar-refractivity contribution in [2.45, 2.75) is 155 Å². The molecule has 0 aromatic heterocycles. The SMILES string of the molecule is CC[C@H](C)[C@@H]([C@@H](CC(=O)N1[C@H]2C[C@H]2C[C@H]1[C@H](OC)[C@@H](C)C(=O)NC(Cc1ccccc1)C(=O)O)OC)N(C)C(=O)C(NC(=O)C(C(C)C)N(C)C(=O)CCCCCN1C(=O)C=CC1=O)C(C)C. The summed E-state index contributed by atoms with van der Waals surface area (Å²) in [7, 11) is 6.25. The Morgan fingerprint density at radius 3 is 2.01 bits per heavy atom. The van der Waals surface area contributed by atoms with Crippen LogP contribution in [0.1, 0.15) is 105 Å². The highest BCUT2D eigenvalue weighted by atomic mass is 16.5. The number of nitrogens with one attached hydrogen (secondary N) is 2. The second-order valence-corrected chi connectivity index (χ2v) is 19.4. The van der Waals surface area contributed by atoms with Crippen LogP contribution in [0.5, 0.6) is 0 Å². The summed E-state index contributed by atoms with van der Waals surface area (Å²) in [6.07, 6.45) is 4.99. The Morgan fingerprint density at radius 2 is 1.46 bits per heavy atom. The number of likely N-dealkylation sites (N-methyl/N-ethyl adjacent to an activating group) is 2. The lowest BCUT2D eigenvalue weighted by molar-refractivity contribution is -0.149. The number of rotatable bonds is 27. The minimum absolute atomic E-state index is 0.0370. The van der Waals surface area contributed by atoms with Crippen molar-refractivity contribution in [3.63, 3.8) is 0 Å². The highest BCUT2D eigenvalue weighted by Gasteiger charge is 2.57. The number of benzene rings is 1. The first kappa shape index (κ1) is 54.4. The smallest absolute Gasteiger partial charge is 0.326 e. The van der Waals surface area contributed by atoms with E-state index in [4.69, 9.17) is 9.47 Å². The molecule has 1 saturated heterocycles. The van der Waals surface area contributed by atoms with Crippen molar-refractivity contribution in [1.29, 1.82) is 0 Å². The van der Waals surface area contributed by atoms with Crippen LogP contribution in [0.15, 0.2) is 42.5 Å². The molecule has 0 spiro atoms. The third kappa shape index (κ3) is 13.7. The predicted molar refractivity (Wildman–Crippen MR) is 251 cm³/mol. The van der Waals surface area contributed by atoms with Gasteiger partial charge in [0.2, 0.25) is 29.5 Å². The topological polar surface area (TPSA) is 212 Å². The first-order valence-corrected chi connectivity index (χ1v) is 24.0. The summed E-state index contributed by atoms with van der Waals surface area (Å²) in [5.41, 5.74) is 0.767. The molecule has 11 atom stereocenters. The molecule has 4 rings (SSSR count). The van der Waals surface area contributed by atoms with Gasteiger partial charge in [0.1, 0.15) is 18.1 Å². The monoisotopic (exact) mass is 937 g/mol. The number of methoxy groups -OCH3 is 2. The Labute approximate surface area is 396 Å². The van der Waals surface area contributed by atoms with Crippen LogP contribution in [0.25, 0.3) is 0 Å². The number of carboxylic acid groups (broad SMARTS) is 1. The molecule has 17 heteroatoms. The number of carbonyl (C=O) groups excluding carboxylic acids is 7. The number of carbonyl (C=O) groups is 8. The molecular weight excluding hydrogens is 861 g/mol. The minimum Gasteiger partial charge on any atom is -0.480 e. The number of hydrogen-bond acceptors (Lipinski definition) is 10. The molecular formula is C50H76N6O11. The van der Waals surface area contributed by atoms with Crippen molar-refractivity contribution < 1.29 is 52.9 Å². The van der Waals surface area contributed by atoms with Gasteiger partial charge >= 0.3 is 5.97 Å². The maximum Gasteiger partial charge on any atom is 0.326 e. The highest BCUT2D eigenvalue weighted by molar-refractivity contribution is 6.12. The molecule has 3 aliphatic rings. The van der Waals surface area contributed by atoms with Crippen LogP contribution in [-0.4, -0.2) is 155 Å². The number of carboxylic acids is 1. The molecule has 3 N–H and O–H groups in total. The lowest BCUT2D eigenvalue weighted by Gasteiger charge is -2.41. The van der Waals surface area contributed by atoms with E-state index in [-0.39, 0.29) is 85.1 Å². The number of aliphatic carboxylic acids is 1. The van der Waals surface area contributed by atoms with Crippen molar-refractivity contribution in [1.82, 2.24) is 30.2 Å². The van der Waals surface area contributed by atoms with Crippen LogP contribution in [0.4, 0.5) is 0 Å². The molecule has 2 aliphatic heterocycles. The van der Waals surface area contributed by atoms with E-state index in [1.807, 2.05) is 64.6 Å².